The molecule has 2 heterocycles. The Labute approximate surface area is 156 Å². The van der Waals surface area contributed by atoms with Gasteiger partial charge in [0.25, 0.3) is 0 Å². The van der Waals surface area contributed by atoms with Crippen LogP contribution in [0.5, 0.6) is 0 Å². The molecule has 0 spiro atoms. The Morgan fingerprint density at radius 2 is 1.52 bits per heavy atom. The van der Waals surface area contributed by atoms with Gasteiger partial charge in [-0.3, -0.25) is 9.59 Å². The van der Waals surface area contributed by atoms with E-state index in [-0.39, 0.29) is 11.3 Å². The first-order valence-electron chi connectivity index (χ1n) is 9.11. The fourth-order valence-electron chi connectivity index (χ4n) is 3.42. The molecule has 0 aliphatic rings. The summed E-state index contributed by atoms with van der Waals surface area (Å²) in [7, 11) is 0. The minimum atomic E-state index is 0.00486. The van der Waals surface area contributed by atoms with Gasteiger partial charge in [0.05, 0.1) is 5.52 Å². The summed E-state index contributed by atoms with van der Waals surface area (Å²) in [6.45, 7) is 1.86. The lowest BCUT2D eigenvalue weighted by molar-refractivity contribution is -0.121. The zero-order chi connectivity index (χ0) is 18.6. The van der Waals surface area contributed by atoms with Crippen LogP contribution in [0.15, 0.2) is 77.9 Å². The molecule has 0 fully saturated rings. The number of amides is 1. The molecule has 5 nitrogen and oxygen atoms in total. The predicted molar refractivity (Wildman–Crippen MR) is 108 cm³/mol. The molecule has 0 radical (unpaired) electrons. The van der Waals surface area contributed by atoms with Crippen LogP contribution in [0.2, 0.25) is 0 Å². The van der Waals surface area contributed by atoms with Gasteiger partial charge >= 0.3 is 0 Å². The number of benzene rings is 2. The summed E-state index contributed by atoms with van der Waals surface area (Å²) in [4.78, 5) is 24.1. The van der Waals surface area contributed by atoms with Gasteiger partial charge < -0.3 is 14.5 Å². The number of para-hydroxylation sites is 2. The van der Waals surface area contributed by atoms with Gasteiger partial charge in [-0.1, -0.05) is 30.3 Å². The van der Waals surface area contributed by atoms with E-state index in [0.29, 0.717) is 24.9 Å². The van der Waals surface area contributed by atoms with Crippen LogP contribution in [0.3, 0.4) is 0 Å². The zero-order valence-corrected chi connectivity index (χ0v) is 15.0. The van der Waals surface area contributed by atoms with Gasteiger partial charge in [-0.25, -0.2) is 0 Å². The molecule has 4 aromatic rings. The molecular formula is C22H21N3O2. The maximum Gasteiger partial charge on any atom is 0.221 e. The normalized spacial score (nSPS) is 11.1. The molecule has 0 saturated carbocycles. The number of fused-ring (bicyclic) bond motifs is 2. The van der Waals surface area contributed by atoms with Gasteiger partial charge in [-0.2, -0.15) is 0 Å². The van der Waals surface area contributed by atoms with Crippen molar-refractivity contribution in [3.05, 3.63) is 83.3 Å². The molecule has 0 saturated heterocycles. The highest BCUT2D eigenvalue weighted by atomic mass is 16.1. The fraction of sp³-hybridized carbons (Fsp3) is 0.182. The predicted octanol–water partition coefficient (Wildman–Crippen LogP) is 3.16. The number of aromatic nitrogens is 2. The Balaban J connectivity index is 1.34. The smallest absolute Gasteiger partial charge is 0.221 e. The van der Waals surface area contributed by atoms with Crippen molar-refractivity contribution < 1.29 is 4.79 Å². The highest BCUT2D eigenvalue weighted by molar-refractivity contribution is 5.80. The van der Waals surface area contributed by atoms with Crippen LogP contribution in [0.1, 0.15) is 6.42 Å². The molecule has 0 unspecified atom stereocenters. The molecule has 2 aromatic carbocycles. The fourth-order valence-corrected chi connectivity index (χ4v) is 3.42. The Bertz CT molecular complexity index is 1160. The molecule has 5 heteroatoms. The van der Waals surface area contributed by atoms with Crippen LogP contribution >= 0.6 is 0 Å². The van der Waals surface area contributed by atoms with Crippen LogP contribution in [-0.2, 0) is 17.9 Å². The monoisotopic (exact) mass is 359 g/mol. The highest BCUT2D eigenvalue weighted by Gasteiger charge is 2.06. The van der Waals surface area contributed by atoms with Crippen LogP contribution in [-0.4, -0.2) is 21.6 Å². The van der Waals surface area contributed by atoms with Crippen molar-refractivity contribution in [3.63, 3.8) is 0 Å². The third-order valence-electron chi connectivity index (χ3n) is 4.82. The molecule has 1 amide bonds. The van der Waals surface area contributed by atoms with Crippen molar-refractivity contribution in [1.29, 1.82) is 0 Å². The molecule has 0 atom stereocenters. The summed E-state index contributed by atoms with van der Waals surface area (Å²) in [5.41, 5.74) is 2.04. The zero-order valence-electron chi connectivity index (χ0n) is 15.0. The lowest BCUT2D eigenvalue weighted by Gasteiger charge is -2.11. The average Bonchev–Trinajstić information content (AvgIpc) is 3.11. The van der Waals surface area contributed by atoms with E-state index in [1.54, 1.807) is 12.3 Å². The van der Waals surface area contributed by atoms with E-state index in [1.165, 1.54) is 10.9 Å². The van der Waals surface area contributed by atoms with Crippen molar-refractivity contribution in [2.45, 2.75) is 19.5 Å². The molecule has 0 bridgehead atoms. The molecular weight excluding hydrogens is 338 g/mol. The Morgan fingerprint density at radius 3 is 2.41 bits per heavy atom. The largest absolute Gasteiger partial charge is 0.354 e. The lowest BCUT2D eigenvalue weighted by Crippen LogP contribution is -2.28. The van der Waals surface area contributed by atoms with Crippen LogP contribution in [0.25, 0.3) is 21.8 Å². The first-order valence-corrected chi connectivity index (χ1v) is 9.11. The number of aryl methyl sites for hydroxylation is 1. The number of nitrogens with zero attached hydrogens (tertiary/aromatic N) is 2. The van der Waals surface area contributed by atoms with Crippen molar-refractivity contribution >= 4 is 27.7 Å². The number of nitrogens with one attached hydrogen (secondary N) is 1. The Morgan fingerprint density at radius 1 is 0.815 bits per heavy atom. The molecule has 0 aliphatic heterocycles. The van der Waals surface area contributed by atoms with Crippen molar-refractivity contribution in [1.82, 2.24) is 14.5 Å². The molecule has 136 valence electrons. The molecule has 1 N–H and O–H groups in total. The van der Waals surface area contributed by atoms with E-state index in [9.17, 15) is 9.59 Å². The second-order valence-corrected chi connectivity index (χ2v) is 6.56. The second kappa shape index (κ2) is 7.50. The number of pyridine rings is 1. The maximum atomic E-state index is 12.2. The minimum Gasteiger partial charge on any atom is -0.354 e. The number of hydrogen-bond acceptors (Lipinski definition) is 2. The van der Waals surface area contributed by atoms with Gasteiger partial charge in [-0.15, -0.1) is 0 Å². The van der Waals surface area contributed by atoms with Gasteiger partial charge in [0.15, 0.2) is 5.43 Å². The van der Waals surface area contributed by atoms with E-state index in [0.717, 1.165) is 12.1 Å². The summed E-state index contributed by atoms with van der Waals surface area (Å²) < 4.78 is 4.10. The van der Waals surface area contributed by atoms with E-state index in [1.807, 2.05) is 47.2 Å². The summed E-state index contributed by atoms with van der Waals surface area (Å²) >= 11 is 0. The summed E-state index contributed by atoms with van der Waals surface area (Å²) in [6.07, 6.45) is 4.17. The average molecular weight is 359 g/mol. The third kappa shape index (κ3) is 3.62. The van der Waals surface area contributed by atoms with Gasteiger partial charge in [0.1, 0.15) is 0 Å². The SMILES string of the molecule is O=C(CCn1ccc(=O)c2ccccc21)NCCn1ccc2ccccc21. The molecule has 4 rings (SSSR count). The van der Waals surface area contributed by atoms with Crippen LogP contribution < -0.4 is 10.7 Å². The first kappa shape index (κ1) is 17.1. The first-order chi connectivity index (χ1) is 13.2. The van der Waals surface area contributed by atoms with E-state index >= 15 is 0 Å². The summed E-state index contributed by atoms with van der Waals surface area (Å²) in [5, 5.41) is 4.86. The van der Waals surface area contributed by atoms with Crippen LogP contribution in [0.4, 0.5) is 0 Å². The molecule has 2 aromatic heterocycles. The molecule has 27 heavy (non-hydrogen) atoms. The Kier molecular flexibility index (Phi) is 4.75. The summed E-state index contributed by atoms with van der Waals surface area (Å²) in [5.74, 6) is 0.00856. The van der Waals surface area contributed by atoms with Crippen molar-refractivity contribution in [3.8, 4) is 0 Å². The Hall–Kier alpha value is -3.34. The standard InChI is InChI=1S/C22H21N3O2/c26-21-10-14-24(20-8-4-2-6-18(20)21)15-11-22(27)23-12-16-25-13-9-17-5-1-3-7-19(17)25/h1-10,13-14H,11-12,15-16H2,(H,23,27). The second-order valence-electron chi connectivity index (χ2n) is 6.56. The van der Waals surface area contributed by atoms with Gasteiger partial charge in [0.2, 0.25) is 5.91 Å². The van der Waals surface area contributed by atoms with Crippen LogP contribution in [0, 0.1) is 0 Å². The van der Waals surface area contributed by atoms with E-state index < -0.39 is 0 Å². The van der Waals surface area contributed by atoms with Gasteiger partial charge in [0, 0.05) is 55.4 Å². The quantitative estimate of drug-likeness (QED) is 0.575. The number of rotatable bonds is 6. The van der Waals surface area contributed by atoms with Crippen molar-refractivity contribution in [2.24, 2.45) is 0 Å². The molecule has 0 aliphatic carbocycles. The summed E-state index contributed by atoms with van der Waals surface area (Å²) in [6, 6.07) is 19.3. The number of hydrogen-bond donors (Lipinski definition) is 1. The number of carbonyl (C=O) groups excluding carboxylic acids is 1. The van der Waals surface area contributed by atoms with Gasteiger partial charge in [-0.05, 0) is 29.7 Å². The third-order valence-corrected chi connectivity index (χ3v) is 4.82. The highest BCUT2D eigenvalue weighted by Crippen LogP contribution is 2.14. The van der Waals surface area contributed by atoms with E-state index in [2.05, 4.69) is 28.1 Å². The van der Waals surface area contributed by atoms with Crippen molar-refractivity contribution in [2.75, 3.05) is 6.54 Å². The maximum absolute atomic E-state index is 12.2. The minimum absolute atomic E-state index is 0.00486. The number of carbonyl (C=O) groups is 1. The topological polar surface area (TPSA) is 56.0 Å². The van der Waals surface area contributed by atoms with E-state index in [4.69, 9.17) is 0 Å². The lowest BCUT2D eigenvalue weighted by atomic mass is 10.2.